The van der Waals surface area contributed by atoms with Gasteiger partial charge in [0.15, 0.2) is 33.6 Å². The molecular formula is C53H67F3N12O6S. The van der Waals surface area contributed by atoms with Gasteiger partial charge >= 0.3 is 6.29 Å². The van der Waals surface area contributed by atoms with Crippen molar-refractivity contribution >= 4 is 57.1 Å². The largest absolute Gasteiger partial charge is 0.586 e. The van der Waals surface area contributed by atoms with Gasteiger partial charge in [-0.3, -0.25) is 9.59 Å². The molecule has 22 heteroatoms. The summed E-state index contributed by atoms with van der Waals surface area (Å²) in [6, 6.07) is 17.3. The molecule has 18 nitrogen and oxygen atoms in total. The van der Waals surface area contributed by atoms with Gasteiger partial charge in [0.2, 0.25) is 11.8 Å². The molecule has 3 aliphatic rings. The highest BCUT2D eigenvalue weighted by Crippen LogP contribution is 2.52. The number of carbonyl (C=O) groups is 2. The van der Waals surface area contributed by atoms with Crippen LogP contribution in [0.4, 0.5) is 24.7 Å². The molecule has 9 rings (SSSR count). The Kier molecular flexibility index (Phi) is 16.5. The molecule has 0 radical (unpaired) electrons. The number of thioether (sulfide) groups is 1. The number of ether oxygens (including phenoxy) is 2. The number of aromatic nitrogens is 6. The number of benzene rings is 3. The van der Waals surface area contributed by atoms with Crippen LogP contribution in [-0.2, 0) is 39.9 Å². The lowest BCUT2D eigenvalue weighted by Crippen LogP contribution is -2.43. The Balaban J connectivity index is 0.697. The molecule has 1 atom stereocenters. The highest BCUT2D eigenvalue weighted by molar-refractivity contribution is 7.99. The Labute approximate surface area is 437 Å². The maximum absolute atomic E-state index is 15.9. The van der Waals surface area contributed by atoms with Crippen LogP contribution in [0.2, 0.25) is 0 Å². The molecule has 2 fully saturated rings. The monoisotopic (exact) mass is 1060 g/mol. The van der Waals surface area contributed by atoms with Crippen LogP contribution in [0.1, 0.15) is 81.7 Å². The summed E-state index contributed by atoms with van der Waals surface area (Å²) >= 11 is 1.60. The standard InChI is InChI=1S/C53H67F3N12O6S/c1-4-24-75-50-62-46(59-19-17-57)45-47(63-50)68(65-64-45)30-34-9-7-33(8-10-34)6-5-18-60-48(71)35-13-21-66(22-14-35)23-20-58-29-38(70)31-67-41-28-39(54)40(25-36(41)26-44(67)51(2,3)32-69)61-49(72)52(15-16-52)37-11-12-42-43(27-37)74-53(55,56)73-42/h7-12,25-28,35,38,58,69-70H,4-6,13-24,29-32,57H2,1-3H3,(H,60,71)(H,61,72)(H,59,62,63). The van der Waals surface area contributed by atoms with Gasteiger partial charge in [-0.05, 0) is 99.0 Å². The molecule has 0 spiro atoms. The number of hydrogen-bond acceptors (Lipinski definition) is 15. The smallest absolute Gasteiger partial charge is 0.395 e. The van der Waals surface area contributed by atoms with Gasteiger partial charge in [0, 0.05) is 73.5 Å². The minimum atomic E-state index is -3.79. The number of aliphatic hydroxyl groups excluding tert-OH is 2. The zero-order chi connectivity index (χ0) is 52.9. The average Bonchev–Trinajstić information content (AvgIpc) is 3.89. The maximum atomic E-state index is 15.9. The number of hydrogen-bond donors (Lipinski definition) is 7. The second-order valence-electron chi connectivity index (χ2n) is 20.5. The highest BCUT2D eigenvalue weighted by atomic mass is 32.2. The first kappa shape index (κ1) is 53.8. The third-order valence-electron chi connectivity index (χ3n) is 14.3. The number of aryl methyl sites for hydroxylation is 1. The normalized spacial score (nSPS) is 16.7. The quantitative estimate of drug-likeness (QED) is 0.0201. The number of nitrogens with two attached hydrogens (primary N) is 1. The molecule has 1 unspecified atom stereocenters. The number of nitrogens with one attached hydrogen (secondary N) is 4. The molecule has 402 valence electrons. The summed E-state index contributed by atoms with van der Waals surface area (Å²) < 4.78 is 56.0. The van der Waals surface area contributed by atoms with Gasteiger partial charge in [-0.2, -0.15) is 0 Å². The molecule has 2 aliphatic heterocycles. The number of aliphatic hydroxyl groups is 2. The lowest BCUT2D eigenvalue weighted by atomic mass is 9.90. The molecule has 75 heavy (non-hydrogen) atoms. The minimum absolute atomic E-state index is 0.0372. The van der Waals surface area contributed by atoms with Crippen molar-refractivity contribution in [3.8, 4) is 11.5 Å². The summed E-state index contributed by atoms with van der Waals surface area (Å²) in [5, 5.41) is 44.2. The molecule has 3 aromatic heterocycles. The topological polar surface area (TPSA) is 232 Å². The lowest BCUT2D eigenvalue weighted by Gasteiger charge is -2.31. The second kappa shape index (κ2) is 23.1. The van der Waals surface area contributed by atoms with Crippen molar-refractivity contribution < 1.29 is 42.4 Å². The van der Waals surface area contributed by atoms with Gasteiger partial charge in [0.25, 0.3) is 0 Å². The number of carbonyl (C=O) groups excluding carboxylic acids is 2. The summed E-state index contributed by atoms with van der Waals surface area (Å²) in [5.74, 6) is 0.147. The number of rotatable bonds is 25. The van der Waals surface area contributed by atoms with Gasteiger partial charge in [0.1, 0.15) is 5.82 Å². The van der Waals surface area contributed by atoms with Crippen LogP contribution in [0.3, 0.4) is 0 Å². The fourth-order valence-electron chi connectivity index (χ4n) is 9.83. The molecule has 1 saturated heterocycles. The first-order valence-electron chi connectivity index (χ1n) is 25.9. The molecular weight excluding hydrogens is 990 g/mol. The van der Waals surface area contributed by atoms with Crippen molar-refractivity contribution in [1.82, 2.24) is 45.1 Å². The van der Waals surface area contributed by atoms with Crippen LogP contribution in [-0.4, -0.2) is 134 Å². The van der Waals surface area contributed by atoms with Crippen LogP contribution in [0.25, 0.3) is 22.1 Å². The molecule has 0 bridgehead atoms. The van der Waals surface area contributed by atoms with E-state index in [1.807, 2.05) is 24.5 Å². The lowest BCUT2D eigenvalue weighted by molar-refractivity contribution is -0.286. The number of fused-ring (bicyclic) bond motifs is 3. The third kappa shape index (κ3) is 12.5. The zero-order valence-corrected chi connectivity index (χ0v) is 43.5. The molecule has 8 N–H and O–H groups in total. The van der Waals surface area contributed by atoms with Crippen LogP contribution >= 0.6 is 11.8 Å². The number of alkyl halides is 2. The van der Waals surface area contributed by atoms with Crippen LogP contribution < -0.4 is 36.5 Å². The summed E-state index contributed by atoms with van der Waals surface area (Å²) in [7, 11) is 0. The van der Waals surface area contributed by atoms with Crippen LogP contribution in [0.15, 0.2) is 65.8 Å². The van der Waals surface area contributed by atoms with Crippen LogP contribution in [0, 0.1) is 11.7 Å². The summed E-state index contributed by atoms with van der Waals surface area (Å²) in [4.78, 5) is 38.5. The van der Waals surface area contributed by atoms with Crippen molar-refractivity contribution in [3.63, 3.8) is 0 Å². The van der Waals surface area contributed by atoms with Gasteiger partial charge in [-0.1, -0.05) is 68.1 Å². The highest BCUT2D eigenvalue weighted by Gasteiger charge is 2.53. The fourth-order valence-corrected chi connectivity index (χ4v) is 10.5. The van der Waals surface area contributed by atoms with Gasteiger partial charge in [-0.15, -0.1) is 13.9 Å². The third-order valence-corrected chi connectivity index (χ3v) is 15.4. The van der Waals surface area contributed by atoms with E-state index in [2.05, 4.69) is 82.1 Å². The molecule has 1 saturated carbocycles. The van der Waals surface area contributed by atoms with Gasteiger partial charge < -0.3 is 56.2 Å². The predicted molar refractivity (Wildman–Crippen MR) is 281 cm³/mol. The Bertz CT molecular complexity index is 2980. The SMILES string of the molecule is CCCSc1nc(NCCN)c2nnn(Cc3ccc(CCCNC(=O)C4CCN(CCNCC(O)Cn5c(C(C)(C)CO)cc6cc(NC(=O)C7(c8ccc9c(c8)OC(F)(F)O9)CC7)c(F)cc65)CC4)cc3)c2n1. The van der Waals surface area contributed by atoms with Crippen molar-refractivity contribution in [1.29, 1.82) is 0 Å². The van der Waals surface area contributed by atoms with Crippen molar-refractivity contribution in [2.75, 3.05) is 75.4 Å². The Morgan fingerprint density at radius 3 is 2.48 bits per heavy atom. The fraction of sp³-hybridized carbons (Fsp3) is 0.509. The van der Waals surface area contributed by atoms with E-state index in [4.69, 9.17) is 10.7 Å². The van der Waals surface area contributed by atoms with E-state index in [-0.39, 0.29) is 48.7 Å². The van der Waals surface area contributed by atoms with E-state index in [0.717, 1.165) is 63.1 Å². The first-order valence-corrected chi connectivity index (χ1v) is 26.9. The van der Waals surface area contributed by atoms with E-state index >= 15 is 4.39 Å². The van der Waals surface area contributed by atoms with E-state index in [1.54, 1.807) is 16.4 Å². The second-order valence-corrected chi connectivity index (χ2v) is 21.5. The number of nitrogens with zero attached hydrogens (tertiary/aromatic N) is 7. The van der Waals surface area contributed by atoms with E-state index in [1.165, 1.54) is 35.9 Å². The zero-order valence-electron chi connectivity index (χ0n) is 42.6. The van der Waals surface area contributed by atoms with Gasteiger partial charge in [0.05, 0.1) is 42.4 Å². The summed E-state index contributed by atoms with van der Waals surface area (Å²) in [5.41, 5.74) is 9.08. The van der Waals surface area contributed by atoms with Crippen molar-refractivity contribution in [2.24, 2.45) is 11.7 Å². The molecule has 2 amide bonds. The Morgan fingerprint density at radius 1 is 0.987 bits per heavy atom. The number of halogens is 3. The number of anilines is 2. The minimum Gasteiger partial charge on any atom is -0.395 e. The molecule has 5 heterocycles. The van der Waals surface area contributed by atoms with E-state index in [0.29, 0.717) is 89.9 Å². The predicted octanol–water partition coefficient (Wildman–Crippen LogP) is 5.91. The Hall–Kier alpha value is -6.04. The van der Waals surface area contributed by atoms with Crippen LogP contribution in [0.5, 0.6) is 11.5 Å². The Morgan fingerprint density at radius 2 is 1.75 bits per heavy atom. The van der Waals surface area contributed by atoms with Gasteiger partial charge in [-0.25, -0.2) is 19.0 Å². The van der Waals surface area contributed by atoms with E-state index < -0.39 is 35.0 Å². The number of piperidine rings is 1. The summed E-state index contributed by atoms with van der Waals surface area (Å²) in [6.45, 7) is 11.1. The maximum Gasteiger partial charge on any atom is 0.586 e. The first-order chi connectivity index (χ1) is 36.1. The number of amides is 2. The van der Waals surface area contributed by atoms with Crippen molar-refractivity contribution in [2.45, 2.75) is 107 Å². The average molecular weight is 1060 g/mol. The van der Waals surface area contributed by atoms with Crippen molar-refractivity contribution in [3.05, 3.63) is 88.9 Å². The summed E-state index contributed by atoms with van der Waals surface area (Å²) in [6.07, 6.45) is 0.431. The molecule has 6 aromatic rings. The molecule has 3 aromatic carbocycles. The van der Waals surface area contributed by atoms with E-state index in [9.17, 15) is 28.6 Å². The molecule has 1 aliphatic carbocycles. The number of likely N-dealkylation sites (tertiary alicyclic amines) is 1.